The second-order valence-corrected chi connectivity index (χ2v) is 6.33. The number of carbonyl (C=O) groups excluding carboxylic acids is 1. The second kappa shape index (κ2) is 4.95. The highest BCUT2D eigenvalue weighted by atomic mass is 32.2. The van der Waals surface area contributed by atoms with Gasteiger partial charge in [-0.05, 0) is 25.1 Å². The molecular formula is C11H16N2O4S. The normalized spacial score (nSPS) is 14.8. The zero-order valence-corrected chi connectivity index (χ0v) is 11.0. The minimum absolute atomic E-state index is 0.129. The van der Waals surface area contributed by atoms with Crippen molar-refractivity contribution in [1.29, 1.82) is 0 Å². The van der Waals surface area contributed by atoms with Crippen LogP contribution >= 0.6 is 0 Å². The van der Waals surface area contributed by atoms with Crippen molar-refractivity contribution in [3.63, 3.8) is 0 Å². The monoisotopic (exact) mass is 272 g/mol. The summed E-state index contributed by atoms with van der Waals surface area (Å²) < 4.78 is 28.0. The Morgan fingerprint density at radius 3 is 2.56 bits per heavy atom. The van der Waals surface area contributed by atoms with Crippen molar-refractivity contribution in [3.05, 3.63) is 24.3 Å². The van der Waals surface area contributed by atoms with Gasteiger partial charge in [0.15, 0.2) is 9.84 Å². The van der Waals surface area contributed by atoms with Crippen LogP contribution in [0.3, 0.4) is 0 Å². The van der Waals surface area contributed by atoms with Gasteiger partial charge in [0.25, 0.3) is 0 Å². The van der Waals surface area contributed by atoms with E-state index >= 15 is 0 Å². The van der Waals surface area contributed by atoms with Crippen LogP contribution in [0.2, 0.25) is 0 Å². The smallest absolute Gasteiger partial charge is 0.240 e. The fraction of sp³-hybridized carbons (Fsp3) is 0.364. The third-order valence-corrected chi connectivity index (χ3v) is 3.45. The Hall–Kier alpha value is -1.60. The average molecular weight is 272 g/mol. The van der Waals surface area contributed by atoms with Crippen molar-refractivity contribution in [2.75, 3.05) is 12.9 Å². The number of sulfone groups is 1. The Balaban J connectivity index is 2.85. The lowest BCUT2D eigenvalue weighted by Gasteiger charge is -2.20. The molecule has 0 fully saturated rings. The Morgan fingerprint density at radius 1 is 1.44 bits per heavy atom. The van der Waals surface area contributed by atoms with Crippen LogP contribution in [0.5, 0.6) is 5.75 Å². The fourth-order valence-corrected chi connectivity index (χ4v) is 1.76. The van der Waals surface area contributed by atoms with Gasteiger partial charge in [0.05, 0.1) is 4.90 Å². The van der Waals surface area contributed by atoms with E-state index in [1.807, 2.05) is 0 Å². The number of primary amides is 1. The first-order chi connectivity index (χ1) is 8.13. The van der Waals surface area contributed by atoms with Gasteiger partial charge in [-0.1, -0.05) is 6.07 Å². The molecule has 18 heavy (non-hydrogen) atoms. The van der Waals surface area contributed by atoms with Crippen LogP contribution in [-0.4, -0.2) is 32.7 Å². The van der Waals surface area contributed by atoms with Gasteiger partial charge in [0, 0.05) is 6.26 Å². The van der Waals surface area contributed by atoms with Gasteiger partial charge in [-0.2, -0.15) is 0 Å². The number of benzene rings is 1. The summed E-state index contributed by atoms with van der Waals surface area (Å²) in [5.74, 6) is -0.377. The second-order valence-electron chi connectivity index (χ2n) is 4.32. The van der Waals surface area contributed by atoms with Crippen molar-refractivity contribution >= 4 is 15.7 Å². The first kappa shape index (κ1) is 14.5. The minimum atomic E-state index is -3.30. The first-order valence-corrected chi connectivity index (χ1v) is 7.04. The maximum atomic E-state index is 11.3. The van der Waals surface area contributed by atoms with Crippen LogP contribution in [0.25, 0.3) is 0 Å². The van der Waals surface area contributed by atoms with E-state index in [1.165, 1.54) is 19.1 Å². The zero-order chi connectivity index (χ0) is 14.0. The lowest BCUT2D eigenvalue weighted by molar-refractivity contribution is -0.123. The molecule has 4 N–H and O–H groups in total. The molecule has 0 heterocycles. The van der Waals surface area contributed by atoms with Gasteiger partial charge in [-0.15, -0.1) is 0 Å². The Kier molecular flexibility index (Phi) is 3.98. The molecule has 0 aliphatic heterocycles. The van der Waals surface area contributed by atoms with E-state index in [1.54, 1.807) is 12.1 Å². The molecule has 1 aromatic carbocycles. The molecule has 1 amide bonds. The van der Waals surface area contributed by atoms with Gasteiger partial charge in [0.1, 0.15) is 17.9 Å². The third-order valence-electron chi connectivity index (χ3n) is 2.34. The summed E-state index contributed by atoms with van der Waals surface area (Å²) in [6.45, 7) is 1.31. The number of hydrogen-bond acceptors (Lipinski definition) is 5. The minimum Gasteiger partial charge on any atom is -0.491 e. The van der Waals surface area contributed by atoms with Gasteiger partial charge in [0.2, 0.25) is 5.91 Å². The average Bonchev–Trinajstić information content (AvgIpc) is 2.25. The maximum absolute atomic E-state index is 11.3. The highest BCUT2D eigenvalue weighted by Crippen LogP contribution is 2.18. The molecular weight excluding hydrogens is 256 g/mol. The number of carbonyl (C=O) groups is 1. The van der Waals surface area contributed by atoms with Crippen molar-refractivity contribution in [2.24, 2.45) is 11.5 Å². The van der Waals surface area contributed by atoms with E-state index in [0.29, 0.717) is 5.75 Å². The molecule has 100 valence electrons. The van der Waals surface area contributed by atoms with Crippen molar-refractivity contribution in [2.45, 2.75) is 17.4 Å². The standard InChI is InChI=1S/C11H16N2O4S/c1-11(13,10(12)14)7-17-8-4-3-5-9(6-8)18(2,15)16/h3-6H,7,13H2,1-2H3,(H2,12,14). The van der Waals surface area contributed by atoms with E-state index in [0.717, 1.165) is 6.26 Å². The van der Waals surface area contributed by atoms with Crippen molar-refractivity contribution < 1.29 is 17.9 Å². The summed E-state index contributed by atoms with van der Waals surface area (Å²) in [5, 5.41) is 0. The van der Waals surface area contributed by atoms with Crippen LogP contribution in [0, 0.1) is 0 Å². The number of nitrogens with two attached hydrogens (primary N) is 2. The molecule has 0 radical (unpaired) electrons. The molecule has 7 heteroatoms. The predicted octanol–water partition coefficient (Wildman–Crippen LogP) is -0.328. The SMILES string of the molecule is CC(N)(COc1cccc(S(C)(=O)=O)c1)C(N)=O. The molecule has 0 saturated heterocycles. The molecule has 1 aromatic rings. The molecule has 0 aliphatic carbocycles. The lowest BCUT2D eigenvalue weighted by Crippen LogP contribution is -2.53. The summed E-state index contributed by atoms with van der Waals surface area (Å²) in [4.78, 5) is 11.1. The van der Waals surface area contributed by atoms with Crippen LogP contribution < -0.4 is 16.2 Å². The molecule has 0 aliphatic rings. The zero-order valence-electron chi connectivity index (χ0n) is 10.2. The summed E-state index contributed by atoms with van der Waals surface area (Å²) >= 11 is 0. The van der Waals surface area contributed by atoms with Gasteiger partial charge >= 0.3 is 0 Å². The van der Waals surface area contributed by atoms with E-state index < -0.39 is 21.3 Å². The summed E-state index contributed by atoms with van der Waals surface area (Å²) in [6.07, 6.45) is 1.10. The first-order valence-electron chi connectivity index (χ1n) is 5.14. The van der Waals surface area contributed by atoms with Crippen molar-refractivity contribution in [3.8, 4) is 5.75 Å². The van der Waals surface area contributed by atoms with Crippen LogP contribution in [-0.2, 0) is 14.6 Å². The van der Waals surface area contributed by atoms with E-state index in [9.17, 15) is 13.2 Å². The quantitative estimate of drug-likeness (QED) is 0.762. The Morgan fingerprint density at radius 2 is 2.06 bits per heavy atom. The highest BCUT2D eigenvalue weighted by Gasteiger charge is 2.26. The maximum Gasteiger partial charge on any atom is 0.240 e. The molecule has 0 bridgehead atoms. The summed E-state index contributed by atoms with van der Waals surface area (Å²) in [6, 6.07) is 5.94. The van der Waals surface area contributed by atoms with Crippen LogP contribution in [0.4, 0.5) is 0 Å². The Labute approximate surface area is 106 Å². The molecule has 0 spiro atoms. The summed E-state index contributed by atoms with van der Waals surface area (Å²) in [7, 11) is -3.30. The molecule has 1 rings (SSSR count). The number of hydrogen-bond donors (Lipinski definition) is 2. The molecule has 1 atom stereocenters. The molecule has 0 aromatic heterocycles. The Bertz CT molecular complexity index is 552. The highest BCUT2D eigenvalue weighted by molar-refractivity contribution is 7.90. The van der Waals surface area contributed by atoms with E-state index in [2.05, 4.69) is 0 Å². The van der Waals surface area contributed by atoms with Crippen LogP contribution in [0.1, 0.15) is 6.92 Å². The van der Waals surface area contributed by atoms with E-state index in [-0.39, 0.29) is 11.5 Å². The number of ether oxygens (including phenoxy) is 1. The predicted molar refractivity (Wildman–Crippen MR) is 66.8 cm³/mol. The molecule has 1 unspecified atom stereocenters. The molecule has 0 saturated carbocycles. The van der Waals surface area contributed by atoms with Gasteiger partial charge in [-0.25, -0.2) is 8.42 Å². The lowest BCUT2D eigenvalue weighted by atomic mass is 10.1. The van der Waals surface area contributed by atoms with Crippen LogP contribution in [0.15, 0.2) is 29.2 Å². The number of amides is 1. The van der Waals surface area contributed by atoms with Gasteiger partial charge < -0.3 is 16.2 Å². The summed E-state index contributed by atoms with van der Waals surface area (Å²) in [5.41, 5.74) is 9.40. The van der Waals surface area contributed by atoms with E-state index in [4.69, 9.17) is 16.2 Å². The third kappa shape index (κ3) is 3.71. The topological polar surface area (TPSA) is 112 Å². The number of rotatable bonds is 5. The largest absolute Gasteiger partial charge is 0.491 e. The fourth-order valence-electron chi connectivity index (χ4n) is 1.10. The van der Waals surface area contributed by atoms with Crippen molar-refractivity contribution in [1.82, 2.24) is 0 Å². The molecule has 6 nitrogen and oxygen atoms in total. The van der Waals surface area contributed by atoms with Gasteiger partial charge in [-0.3, -0.25) is 4.79 Å².